The van der Waals surface area contributed by atoms with E-state index in [2.05, 4.69) is 9.71 Å². The fourth-order valence-electron chi connectivity index (χ4n) is 2.86. The molecule has 0 aliphatic carbocycles. The second-order valence-corrected chi connectivity index (χ2v) is 7.42. The van der Waals surface area contributed by atoms with Crippen LogP contribution in [0.2, 0.25) is 0 Å². The Morgan fingerprint density at radius 3 is 2.74 bits per heavy atom. The highest BCUT2D eigenvalue weighted by atomic mass is 32.2. The lowest BCUT2D eigenvalue weighted by Crippen LogP contribution is -2.48. The van der Waals surface area contributed by atoms with E-state index >= 15 is 0 Å². The highest BCUT2D eigenvalue weighted by Gasteiger charge is 2.38. The Hall–Kier alpha value is -1.51. The molecule has 0 spiro atoms. The molecule has 1 aromatic heterocycles. The maximum atomic E-state index is 12.3. The standard InChI is InChI=1S/C15H23N3O4S/c1-3-22-11-15(19)18-9-6-13(17-23(2,20)21)14(18)10-12-4-7-16-8-5-12/h4-5,7-8,13-14,17H,3,6,9-11H2,1-2H3/t13-,14+/m1/s1. The Bertz CT molecular complexity index is 621. The van der Waals surface area contributed by atoms with Gasteiger partial charge in [-0.15, -0.1) is 0 Å². The number of nitrogens with one attached hydrogen (secondary N) is 1. The molecule has 0 saturated carbocycles. The maximum absolute atomic E-state index is 12.3. The minimum absolute atomic E-state index is 0.0228. The molecule has 1 aliphatic rings. The van der Waals surface area contributed by atoms with Crippen LogP contribution in [0.4, 0.5) is 0 Å². The maximum Gasteiger partial charge on any atom is 0.248 e. The zero-order valence-electron chi connectivity index (χ0n) is 13.4. The van der Waals surface area contributed by atoms with Crippen molar-refractivity contribution >= 4 is 15.9 Å². The Kier molecular flexibility index (Phi) is 6.09. The predicted octanol–water partition coefficient (Wildman–Crippen LogP) is 0.179. The first kappa shape index (κ1) is 17.8. The van der Waals surface area contributed by atoms with Gasteiger partial charge in [-0.2, -0.15) is 0 Å². The van der Waals surface area contributed by atoms with E-state index in [1.807, 2.05) is 19.1 Å². The number of carbonyl (C=O) groups is 1. The van der Waals surface area contributed by atoms with Gasteiger partial charge in [0.15, 0.2) is 0 Å². The number of pyridine rings is 1. The third-order valence-electron chi connectivity index (χ3n) is 3.86. The van der Waals surface area contributed by atoms with E-state index in [0.29, 0.717) is 26.0 Å². The summed E-state index contributed by atoms with van der Waals surface area (Å²) in [5.74, 6) is -0.108. The largest absolute Gasteiger partial charge is 0.372 e. The zero-order chi connectivity index (χ0) is 16.9. The van der Waals surface area contributed by atoms with Gasteiger partial charge < -0.3 is 9.64 Å². The number of nitrogens with zero attached hydrogens (tertiary/aromatic N) is 2. The van der Waals surface area contributed by atoms with Crippen LogP contribution in [0.3, 0.4) is 0 Å². The summed E-state index contributed by atoms with van der Waals surface area (Å²) >= 11 is 0. The normalized spacial score (nSPS) is 21.6. The summed E-state index contributed by atoms with van der Waals surface area (Å²) in [5, 5.41) is 0. The van der Waals surface area contributed by atoms with E-state index in [4.69, 9.17) is 4.74 Å². The summed E-state index contributed by atoms with van der Waals surface area (Å²) in [7, 11) is -3.33. The van der Waals surface area contributed by atoms with Gasteiger partial charge in [0.2, 0.25) is 15.9 Å². The molecule has 2 heterocycles. The number of hydrogen-bond donors (Lipinski definition) is 1. The molecule has 1 fully saturated rings. The molecule has 8 heteroatoms. The Labute approximate surface area is 137 Å². The van der Waals surface area contributed by atoms with Crippen LogP contribution in [0.5, 0.6) is 0 Å². The Morgan fingerprint density at radius 2 is 2.13 bits per heavy atom. The highest BCUT2D eigenvalue weighted by Crippen LogP contribution is 2.22. The first-order valence-corrected chi connectivity index (χ1v) is 9.53. The summed E-state index contributed by atoms with van der Waals surface area (Å²) in [6.07, 6.45) is 5.70. The molecule has 1 N–H and O–H groups in total. The predicted molar refractivity (Wildman–Crippen MR) is 86.3 cm³/mol. The van der Waals surface area contributed by atoms with Gasteiger partial charge in [-0.05, 0) is 37.5 Å². The van der Waals surface area contributed by atoms with E-state index in [-0.39, 0.29) is 24.6 Å². The molecule has 1 saturated heterocycles. The second kappa shape index (κ2) is 7.85. The van der Waals surface area contributed by atoms with E-state index in [0.717, 1.165) is 11.8 Å². The third-order valence-corrected chi connectivity index (χ3v) is 4.59. The van der Waals surface area contributed by atoms with Crippen molar-refractivity contribution in [3.8, 4) is 0 Å². The number of amides is 1. The van der Waals surface area contributed by atoms with Crippen molar-refractivity contribution in [2.45, 2.75) is 31.8 Å². The van der Waals surface area contributed by atoms with Crippen LogP contribution >= 0.6 is 0 Å². The molecule has 2 atom stereocenters. The first-order valence-electron chi connectivity index (χ1n) is 7.64. The monoisotopic (exact) mass is 341 g/mol. The van der Waals surface area contributed by atoms with E-state index < -0.39 is 10.0 Å². The van der Waals surface area contributed by atoms with Crippen molar-refractivity contribution in [3.63, 3.8) is 0 Å². The fraction of sp³-hybridized carbons (Fsp3) is 0.600. The molecule has 1 aromatic rings. The van der Waals surface area contributed by atoms with Crippen LogP contribution < -0.4 is 4.72 Å². The summed E-state index contributed by atoms with van der Waals surface area (Å²) in [6, 6.07) is 3.24. The summed E-state index contributed by atoms with van der Waals surface area (Å²) in [6.45, 7) is 2.85. The highest BCUT2D eigenvalue weighted by molar-refractivity contribution is 7.88. The van der Waals surface area contributed by atoms with Gasteiger partial charge >= 0.3 is 0 Å². The average Bonchev–Trinajstić information content (AvgIpc) is 2.87. The lowest BCUT2D eigenvalue weighted by atomic mass is 10.0. The van der Waals surface area contributed by atoms with Crippen LogP contribution in [0.15, 0.2) is 24.5 Å². The second-order valence-electron chi connectivity index (χ2n) is 5.64. The fourth-order valence-corrected chi connectivity index (χ4v) is 3.69. The number of rotatable bonds is 7. The summed E-state index contributed by atoms with van der Waals surface area (Å²) in [4.78, 5) is 18.0. The summed E-state index contributed by atoms with van der Waals surface area (Å²) < 4.78 is 31.0. The smallest absolute Gasteiger partial charge is 0.248 e. The molecule has 1 aliphatic heterocycles. The molecular formula is C15H23N3O4S. The van der Waals surface area contributed by atoms with Gasteiger partial charge in [0, 0.05) is 31.6 Å². The van der Waals surface area contributed by atoms with Crippen LogP contribution in [0, 0.1) is 0 Å². The van der Waals surface area contributed by atoms with Crippen LogP contribution in [0.25, 0.3) is 0 Å². The molecular weight excluding hydrogens is 318 g/mol. The van der Waals surface area contributed by atoms with Gasteiger partial charge in [0.05, 0.1) is 12.3 Å². The molecule has 23 heavy (non-hydrogen) atoms. The SMILES string of the molecule is CCOCC(=O)N1CC[C@@H](NS(C)(=O)=O)[C@@H]1Cc1ccncc1. The zero-order valence-corrected chi connectivity index (χ0v) is 14.3. The molecule has 0 unspecified atom stereocenters. The van der Waals surface area contributed by atoms with Gasteiger partial charge in [0.1, 0.15) is 6.61 Å². The van der Waals surface area contributed by atoms with Crippen molar-refractivity contribution in [1.29, 1.82) is 0 Å². The lowest BCUT2D eigenvalue weighted by molar-refractivity contribution is -0.136. The van der Waals surface area contributed by atoms with Crippen LogP contribution in [-0.4, -0.2) is 62.3 Å². The van der Waals surface area contributed by atoms with Crippen molar-refractivity contribution in [2.75, 3.05) is 26.0 Å². The van der Waals surface area contributed by atoms with Crippen molar-refractivity contribution < 1.29 is 17.9 Å². The molecule has 2 rings (SSSR count). The number of sulfonamides is 1. The number of aromatic nitrogens is 1. The van der Waals surface area contributed by atoms with E-state index in [9.17, 15) is 13.2 Å². The minimum atomic E-state index is -3.33. The van der Waals surface area contributed by atoms with Crippen LogP contribution in [0.1, 0.15) is 18.9 Å². The van der Waals surface area contributed by atoms with Gasteiger partial charge in [-0.25, -0.2) is 13.1 Å². The molecule has 1 amide bonds. The van der Waals surface area contributed by atoms with Gasteiger partial charge in [-0.1, -0.05) is 0 Å². The Balaban J connectivity index is 2.16. The third kappa shape index (κ3) is 5.26. The molecule has 0 aromatic carbocycles. The lowest BCUT2D eigenvalue weighted by Gasteiger charge is -2.28. The van der Waals surface area contributed by atoms with Crippen molar-refractivity contribution in [3.05, 3.63) is 30.1 Å². The number of likely N-dealkylation sites (tertiary alicyclic amines) is 1. The molecule has 0 radical (unpaired) electrons. The van der Waals surface area contributed by atoms with Gasteiger partial charge in [-0.3, -0.25) is 9.78 Å². The first-order chi connectivity index (χ1) is 10.9. The topological polar surface area (TPSA) is 88.6 Å². The Morgan fingerprint density at radius 1 is 1.43 bits per heavy atom. The number of hydrogen-bond acceptors (Lipinski definition) is 5. The minimum Gasteiger partial charge on any atom is -0.372 e. The molecule has 0 bridgehead atoms. The average molecular weight is 341 g/mol. The van der Waals surface area contributed by atoms with Crippen LogP contribution in [-0.2, 0) is 26.0 Å². The summed E-state index contributed by atoms with van der Waals surface area (Å²) in [5.41, 5.74) is 1.02. The van der Waals surface area contributed by atoms with E-state index in [1.54, 1.807) is 17.3 Å². The van der Waals surface area contributed by atoms with Gasteiger partial charge in [0.25, 0.3) is 0 Å². The quantitative estimate of drug-likeness (QED) is 0.764. The van der Waals surface area contributed by atoms with E-state index in [1.165, 1.54) is 0 Å². The molecule has 128 valence electrons. The van der Waals surface area contributed by atoms with Crippen molar-refractivity contribution in [1.82, 2.24) is 14.6 Å². The number of ether oxygens (including phenoxy) is 1. The number of carbonyl (C=O) groups excluding carboxylic acids is 1. The van der Waals surface area contributed by atoms with Crippen molar-refractivity contribution in [2.24, 2.45) is 0 Å². The molecule has 7 nitrogen and oxygen atoms in total.